The molecule has 0 saturated carbocycles. The van der Waals surface area contributed by atoms with E-state index >= 15 is 0 Å². The lowest BCUT2D eigenvalue weighted by Gasteiger charge is -2.15. The largest absolute Gasteiger partial charge is 0.573 e. The predicted molar refractivity (Wildman–Crippen MR) is 111 cm³/mol. The van der Waals surface area contributed by atoms with Crippen molar-refractivity contribution in [3.63, 3.8) is 0 Å². The van der Waals surface area contributed by atoms with Crippen LogP contribution in [0.5, 0.6) is 11.5 Å². The number of aliphatic carboxylic acids is 1. The van der Waals surface area contributed by atoms with Gasteiger partial charge in [0, 0.05) is 23.1 Å². The Morgan fingerprint density at radius 2 is 1.74 bits per heavy atom. The van der Waals surface area contributed by atoms with Crippen LogP contribution in [0.2, 0.25) is 5.02 Å². The summed E-state index contributed by atoms with van der Waals surface area (Å²) in [4.78, 5) is 10.9. The van der Waals surface area contributed by atoms with Crippen LogP contribution >= 0.6 is 23.1 Å². The lowest BCUT2D eigenvalue weighted by molar-refractivity contribution is -0.274. The maximum absolute atomic E-state index is 13.5. The highest BCUT2D eigenvalue weighted by molar-refractivity contribution is 7.09. The van der Waals surface area contributed by atoms with Gasteiger partial charge in [-0.1, -0.05) is 29.8 Å². The minimum absolute atomic E-state index is 0.0536. The van der Waals surface area contributed by atoms with Crippen LogP contribution in [0.3, 0.4) is 0 Å². The van der Waals surface area contributed by atoms with Crippen molar-refractivity contribution in [2.24, 2.45) is 0 Å². The van der Waals surface area contributed by atoms with Crippen LogP contribution in [0.4, 0.5) is 26.3 Å². The summed E-state index contributed by atoms with van der Waals surface area (Å²) in [5.74, 6) is -2.14. The average molecular weight is 526 g/mol. The molecule has 1 aromatic heterocycles. The number of halogens is 7. The summed E-state index contributed by atoms with van der Waals surface area (Å²) in [6.45, 7) is -0.650. The molecule has 13 heteroatoms. The first-order valence-corrected chi connectivity index (χ1v) is 10.5. The van der Waals surface area contributed by atoms with Crippen LogP contribution in [-0.4, -0.2) is 21.8 Å². The smallest absolute Gasteiger partial charge is 0.489 e. The molecule has 3 rings (SSSR count). The van der Waals surface area contributed by atoms with Gasteiger partial charge in [-0.3, -0.25) is 4.79 Å². The lowest BCUT2D eigenvalue weighted by Crippen LogP contribution is -2.18. The van der Waals surface area contributed by atoms with Crippen LogP contribution in [0.1, 0.15) is 23.2 Å². The fourth-order valence-corrected chi connectivity index (χ4v) is 3.97. The van der Waals surface area contributed by atoms with Crippen LogP contribution in [0, 0.1) is 0 Å². The average Bonchev–Trinajstić information content (AvgIpc) is 3.15. The van der Waals surface area contributed by atoms with Crippen molar-refractivity contribution in [2.45, 2.75) is 32.0 Å². The maximum atomic E-state index is 13.5. The molecule has 2 aromatic carbocycles. The molecule has 0 atom stereocenters. The van der Waals surface area contributed by atoms with E-state index in [1.807, 2.05) is 0 Å². The molecule has 0 saturated heterocycles. The van der Waals surface area contributed by atoms with Crippen molar-refractivity contribution in [1.29, 1.82) is 0 Å². The number of carbonyl (C=O) groups is 1. The summed E-state index contributed by atoms with van der Waals surface area (Å²) in [7, 11) is 0. The normalized spacial score (nSPS) is 12.0. The second kappa shape index (κ2) is 10.1. The molecule has 182 valence electrons. The van der Waals surface area contributed by atoms with Crippen molar-refractivity contribution in [1.82, 2.24) is 4.37 Å². The molecule has 0 bridgehead atoms. The molecule has 3 aromatic rings. The summed E-state index contributed by atoms with van der Waals surface area (Å²) in [6, 6.07) is 9.22. The van der Waals surface area contributed by atoms with E-state index in [0.717, 1.165) is 12.1 Å². The summed E-state index contributed by atoms with van der Waals surface area (Å²) >= 11 is 6.43. The molecule has 1 N–H and O–H groups in total. The van der Waals surface area contributed by atoms with E-state index in [-0.39, 0.29) is 28.2 Å². The minimum atomic E-state index is -5.07. The quantitative estimate of drug-likeness (QED) is 0.321. The van der Waals surface area contributed by atoms with E-state index in [0.29, 0.717) is 22.1 Å². The number of hydrogen-bond acceptors (Lipinski definition) is 5. The molecule has 0 aliphatic rings. The van der Waals surface area contributed by atoms with Crippen molar-refractivity contribution in [3.8, 4) is 21.9 Å². The summed E-state index contributed by atoms with van der Waals surface area (Å²) in [5, 5.41) is 9.15. The number of benzene rings is 2. The summed E-state index contributed by atoms with van der Waals surface area (Å²) in [5.41, 5.74) is -1.12. The first-order valence-electron chi connectivity index (χ1n) is 9.38. The van der Waals surface area contributed by atoms with Crippen molar-refractivity contribution in [2.75, 3.05) is 0 Å². The number of carboxylic acid groups (broad SMARTS) is 1. The van der Waals surface area contributed by atoms with Gasteiger partial charge in [-0.05, 0) is 47.3 Å². The minimum Gasteiger partial charge on any atom is -0.489 e. The third-order valence-corrected chi connectivity index (χ3v) is 5.61. The fraction of sp³-hybridized carbons (Fsp3) is 0.238. The molecule has 0 aliphatic heterocycles. The maximum Gasteiger partial charge on any atom is 0.573 e. The van der Waals surface area contributed by atoms with E-state index in [9.17, 15) is 31.1 Å². The van der Waals surface area contributed by atoms with Crippen LogP contribution < -0.4 is 9.47 Å². The molecule has 0 fully saturated rings. The Kier molecular flexibility index (Phi) is 7.61. The number of rotatable bonds is 8. The van der Waals surface area contributed by atoms with Crippen LogP contribution in [0.25, 0.3) is 10.4 Å². The van der Waals surface area contributed by atoms with Crippen molar-refractivity contribution in [3.05, 3.63) is 64.3 Å². The molecule has 5 nitrogen and oxygen atoms in total. The first kappa shape index (κ1) is 25.6. The Labute approximate surface area is 197 Å². The van der Waals surface area contributed by atoms with Gasteiger partial charge >= 0.3 is 18.5 Å². The number of carboxylic acids is 1. The van der Waals surface area contributed by atoms with Gasteiger partial charge in [0.2, 0.25) is 0 Å². The zero-order valence-electron chi connectivity index (χ0n) is 16.8. The highest BCUT2D eigenvalue weighted by Gasteiger charge is 2.38. The Morgan fingerprint density at radius 3 is 2.32 bits per heavy atom. The van der Waals surface area contributed by atoms with Gasteiger partial charge in [0.25, 0.3) is 0 Å². The Hall–Kier alpha value is -2.99. The Morgan fingerprint density at radius 1 is 1.06 bits per heavy atom. The van der Waals surface area contributed by atoms with Gasteiger partial charge in [-0.2, -0.15) is 17.5 Å². The van der Waals surface area contributed by atoms with Crippen molar-refractivity contribution >= 4 is 29.1 Å². The standard InChI is InChI=1S/C21H14ClF6NO4S/c22-13-5-1-12(2-6-13)18-15(19(29-34-18)20(23,24)25)10-32-14-7-3-11(4-8-17(30)31)16(9-14)33-21(26,27)28/h1-3,5-7,9H,4,8,10H2,(H,30,31). The number of hydrogen-bond donors (Lipinski definition) is 1. The molecule has 34 heavy (non-hydrogen) atoms. The van der Waals surface area contributed by atoms with E-state index in [2.05, 4.69) is 9.11 Å². The summed E-state index contributed by atoms with van der Waals surface area (Å²) in [6.07, 6.45) is -10.6. The molecule has 0 amide bonds. The first-order chi connectivity index (χ1) is 15.8. The molecule has 0 radical (unpaired) electrons. The fourth-order valence-electron chi connectivity index (χ4n) is 2.94. The molecule has 0 unspecified atom stereocenters. The van der Waals surface area contributed by atoms with Gasteiger partial charge < -0.3 is 14.6 Å². The van der Waals surface area contributed by atoms with E-state index < -0.39 is 43.0 Å². The third-order valence-electron chi connectivity index (χ3n) is 4.42. The van der Waals surface area contributed by atoms with Gasteiger partial charge in [0.15, 0.2) is 5.69 Å². The van der Waals surface area contributed by atoms with Crippen LogP contribution in [-0.2, 0) is 24.0 Å². The topological polar surface area (TPSA) is 68.7 Å². The predicted octanol–water partition coefficient (Wildman–Crippen LogP) is 6.98. The van der Waals surface area contributed by atoms with Crippen molar-refractivity contribution < 1.29 is 45.7 Å². The number of nitrogens with zero attached hydrogens (tertiary/aromatic N) is 1. The van der Waals surface area contributed by atoms with Gasteiger partial charge in [0.1, 0.15) is 18.1 Å². The van der Waals surface area contributed by atoms with Crippen LogP contribution in [0.15, 0.2) is 42.5 Å². The lowest BCUT2D eigenvalue weighted by atomic mass is 10.1. The zero-order valence-corrected chi connectivity index (χ0v) is 18.4. The Bertz CT molecular complexity index is 1160. The van der Waals surface area contributed by atoms with Gasteiger partial charge in [-0.15, -0.1) is 13.2 Å². The van der Waals surface area contributed by atoms with Gasteiger partial charge in [-0.25, -0.2) is 0 Å². The number of aryl methyl sites for hydroxylation is 1. The molecule has 0 spiro atoms. The molecule has 1 heterocycles. The van der Waals surface area contributed by atoms with E-state index in [1.165, 1.54) is 30.3 Å². The highest BCUT2D eigenvalue weighted by atomic mass is 35.5. The Balaban J connectivity index is 1.92. The number of aromatic nitrogens is 1. The zero-order chi connectivity index (χ0) is 25.1. The summed E-state index contributed by atoms with van der Waals surface area (Å²) < 4.78 is 91.7. The molecule has 0 aliphatic carbocycles. The van der Waals surface area contributed by atoms with E-state index in [4.69, 9.17) is 21.4 Å². The number of ether oxygens (including phenoxy) is 2. The molecular weight excluding hydrogens is 512 g/mol. The van der Waals surface area contributed by atoms with E-state index in [1.54, 1.807) is 0 Å². The molecular formula is C21H14ClF6NO4S. The number of alkyl halides is 6. The highest BCUT2D eigenvalue weighted by Crippen LogP contribution is 2.40. The SMILES string of the molecule is O=C(O)CCc1ccc(OCc2c(C(F)(F)F)nsc2-c2ccc(Cl)cc2)cc1OC(F)(F)F. The third kappa shape index (κ3) is 6.76. The second-order valence-corrected chi connectivity index (χ2v) is 8.05. The monoisotopic (exact) mass is 525 g/mol. The second-order valence-electron chi connectivity index (χ2n) is 6.84. The van der Waals surface area contributed by atoms with Gasteiger partial charge in [0.05, 0.1) is 4.88 Å².